The molecular formula is C13H23N3O2. The molecule has 102 valence electrons. The molecule has 0 aromatic carbocycles. The lowest BCUT2D eigenvalue weighted by molar-refractivity contribution is 0.0384. The van der Waals surface area contributed by atoms with Gasteiger partial charge in [-0.2, -0.15) is 0 Å². The van der Waals surface area contributed by atoms with Crippen LogP contribution in [0.15, 0.2) is 4.42 Å². The molecule has 2 heterocycles. The molecule has 5 nitrogen and oxygen atoms in total. The van der Waals surface area contributed by atoms with Gasteiger partial charge < -0.3 is 14.5 Å². The standard InChI is InChI=1S/C13H23N3O2/c1-9(2)14-8-4-5-12-15-16-13(18-12)11-7-6-10(3)17-11/h9-11,14H,4-8H2,1-3H3. The molecule has 0 spiro atoms. The first-order chi connectivity index (χ1) is 8.65. The monoisotopic (exact) mass is 253 g/mol. The third-order valence-electron chi connectivity index (χ3n) is 3.11. The minimum Gasteiger partial charge on any atom is -0.422 e. The van der Waals surface area contributed by atoms with Gasteiger partial charge in [0.25, 0.3) is 0 Å². The lowest BCUT2D eigenvalue weighted by Gasteiger charge is -2.06. The van der Waals surface area contributed by atoms with Crippen molar-refractivity contribution in [2.24, 2.45) is 0 Å². The van der Waals surface area contributed by atoms with Crippen LogP contribution < -0.4 is 5.32 Å². The molecule has 2 rings (SSSR count). The maximum Gasteiger partial charge on any atom is 0.245 e. The molecule has 0 bridgehead atoms. The van der Waals surface area contributed by atoms with Crippen molar-refractivity contribution in [2.75, 3.05) is 6.54 Å². The van der Waals surface area contributed by atoms with E-state index >= 15 is 0 Å². The van der Waals surface area contributed by atoms with E-state index in [4.69, 9.17) is 9.15 Å². The number of nitrogens with one attached hydrogen (secondary N) is 1. The number of aromatic nitrogens is 2. The molecule has 0 aliphatic carbocycles. The van der Waals surface area contributed by atoms with Gasteiger partial charge in [0.15, 0.2) is 0 Å². The SMILES string of the molecule is CC(C)NCCCc1nnc(C2CCC(C)O2)o1. The predicted molar refractivity (Wildman–Crippen MR) is 68.3 cm³/mol. The van der Waals surface area contributed by atoms with Crippen molar-refractivity contribution in [3.8, 4) is 0 Å². The predicted octanol–water partition coefficient (Wildman–Crippen LogP) is 2.24. The van der Waals surface area contributed by atoms with E-state index < -0.39 is 0 Å². The van der Waals surface area contributed by atoms with Gasteiger partial charge in [-0.05, 0) is 32.7 Å². The summed E-state index contributed by atoms with van der Waals surface area (Å²) in [4.78, 5) is 0. The molecule has 2 unspecified atom stereocenters. The molecule has 0 saturated carbocycles. The van der Waals surface area contributed by atoms with E-state index in [9.17, 15) is 0 Å². The zero-order valence-corrected chi connectivity index (χ0v) is 11.5. The minimum absolute atomic E-state index is 0.00930. The molecule has 1 aliphatic rings. The number of ether oxygens (including phenoxy) is 1. The number of hydrogen-bond acceptors (Lipinski definition) is 5. The van der Waals surface area contributed by atoms with Crippen LogP contribution in [0.4, 0.5) is 0 Å². The second kappa shape index (κ2) is 6.29. The van der Waals surface area contributed by atoms with Crippen LogP contribution in [0.1, 0.15) is 57.9 Å². The molecule has 0 radical (unpaired) electrons. The van der Waals surface area contributed by atoms with E-state index in [1.54, 1.807) is 0 Å². The Labute approximate surface area is 108 Å². The lowest BCUT2D eigenvalue weighted by atomic mass is 10.2. The van der Waals surface area contributed by atoms with E-state index in [0.29, 0.717) is 18.0 Å². The van der Waals surface area contributed by atoms with Crippen LogP contribution in [0.25, 0.3) is 0 Å². The highest BCUT2D eigenvalue weighted by atomic mass is 16.5. The molecule has 5 heteroatoms. The summed E-state index contributed by atoms with van der Waals surface area (Å²) >= 11 is 0. The summed E-state index contributed by atoms with van der Waals surface area (Å²) in [5.41, 5.74) is 0. The zero-order valence-electron chi connectivity index (χ0n) is 11.5. The quantitative estimate of drug-likeness (QED) is 0.788. The normalized spacial score (nSPS) is 24.0. The maximum atomic E-state index is 5.71. The highest BCUT2D eigenvalue weighted by molar-refractivity contribution is 4.90. The molecule has 1 N–H and O–H groups in total. The largest absolute Gasteiger partial charge is 0.422 e. The van der Waals surface area contributed by atoms with Gasteiger partial charge in [-0.1, -0.05) is 13.8 Å². The van der Waals surface area contributed by atoms with Crippen molar-refractivity contribution in [3.05, 3.63) is 11.8 Å². The first kappa shape index (κ1) is 13.5. The van der Waals surface area contributed by atoms with Crippen molar-refractivity contribution >= 4 is 0 Å². The smallest absolute Gasteiger partial charge is 0.245 e. The van der Waals surface area contributed by atoms with Gasteiger partial charge in [0.05, 0.1) is 6.10 Å². The second-order valence-corrected chi connectivity index (χ2v) is 5.26. The third-order valence-corrected chi connectivity index (χ3v) is 3.11. The van der Waals surface area contributed by atoms with Crippen LogP contribution in [0.2, 0.25) is 0 Å². The summed E-state index contributed by atoms with van der Waals surface area (Å²) in [6, 6.07) is 0.525. The Bertz CT molecular complexity index is 365. The van der Waals surface area contributed by atoms with E-state index in [1.807, 2.05) is 0 Å². The van der Waals surface area contributed by atoms with Crippen LogP contribution in [-0.4, -0.2) is 28.9 Å². The third kappa shape index (κ3) is 3.78. The van der Waals surface area contributed by atoms with Crippen molar-refractivity contribution in [1.82, 2.24) is 15.5 Å². The van der Waals surface area contributed by atoms with Crippen molar-refractivity contribution in [3.63, 3.8) is 0 Å². The molecule has 1 saturated heterocycles. The second-order valence-electron chi connectivity index (χ2n) is 5.26. The van der Waals surface area contributed by atoms with Crippen LogP contribution in [0, 0.1) is 0 Å². The molecule has 1 fully saturated rings. The average Bonchev–Trinajstić information content (AvgIpc) is 2.93. The van der Waals surface area contributed by atoms with Gasteiger partial charge in [0, 0.05) is 12.5 Å². The first-order valence-corrected chi connectivity index (χ1v) is 6.86. The van der Waals surface area contributed by atoms with Gasteiger partial charge in [-0.15, -0.1) is 10.2 Å². The lowest BCUT2D eigenvalue weighted by Crippen LogP contribution is -2.23. The van der Waals surface area contributed by atoms with Crippen molar-refractivity contribution in [2.45, 2.75) is 64.7 Å². The summed E-state index contributed by atoms with van der Waals surface area (Å²) in [6.07, 6.45) is 4.21. The van der Waals surface area contributed by atoms with Gasteiger partial charge in [-0.3, -0.25) is 0 Å². The van der Waals surface area contributed by atoms with Crippen LogP contribution >= 0.6 is 0 Å². The van der Waals surface area contributed by atoms with Crippen molar-refractivity contribution < 1.29 is 9.15 Å². The van der Waals surface area contributed by atoms with Crippen molar-refractivity contribution in [1.29, 1.82) is 0 Å². The maximum absolute atomic E-state index is 5.71. The van der Waals surface area contributed by atoms with Gasteiger partial charge in [0.2, 0.25) is 11.8 Å². The minimum atomic E-state index is 0.00930. The van der Waals surface area contributed by atoms with Gasteiger partial charge in [0.1, 0.15) is 6.10 Å². The fourth-order valence-electron chi connectivity index (χ4n) is 2.11. The summed E-state index contributed by atoms with van der Waals surface area (Å²) in [5.74, 6) is 1.37. The average molecular weight is 253 g/mol. The first-order valence-electron chi connectivity index (χ1n) is 6.86. The van der Waals surface area contributed by atoms with Gasteiger partial charge >= 0.3 is 0 Å². The molecule has 1 aromatic rings. The van der Waals surface area contributed by atoms with E-state index in [2.05, 4.69) is 36.3 Å². The fraction of sp³-hybridized carbons (Fsp3) is 0.846. The Morgan fingerprint density at radius 1 is 1.33 bits per heavy atom. The highest BCUT2D eigenvalue weighted by Gasteiger charge is 2.27. The zero-order chi connectivity index (χ0) is 13.0. The topological polar surface area (TPSA) is 60.2 Å². The summed E-state index contributed by atoms with van der Waals surface area (Å²) < 4.78 is 11.4. The Kier molecular flexibility index (Phi) is 4.72. The molecular weight excluding hydrogens is 230 g/mol. The van der Waals surface area contributed by atoms with Crippen LogP contribution in [0.5, 0.6) is 0 Å². The van der Waals surface area contributed by atoms with E-state index in [0.717, 1.165) is 38.1 Å². The molecule has 0 amide bonds. The van der Waals surface area contributed by atoms with E-state index in [1.165, 1.54) is 0 Å². The Morgan fingerprint density at radius 3 is 2.83 bits per heavy atom. The Balaban J connectivity index is 1.76. The number of hydrogen-bond donors (Lipinski definition) is 1. The Hall–Kier alpha value is -0.940. The molecule has 18 heavy (non-hydrogen) atoms. The van der Waals surface area contributed by atoms with E-state index in [-0.39, 0.29) is 6.10 Å². The number of nitrogens with zero attached hydrogens (tertiary/aromatic N) is 2. The summed E-state index contributed by atoms with van der Waals surface area (Å²) in [6.45, 7) is 7.34. The molecule has 1 aromatic heterocycles. The van der Waals surface area contributed by atoms with Gasteiger partial charge in [-0.25, -0.2) is 0 Å². The summed E-state index contributed by atoms with van der Waals surface area (Å²) in [7, 11) is 0. The van der Waals surface area contributed by atoms with Crippen LogP contribution in [-0.2, 0) is 11.2 Å². The number of aryl methyl sites for hydroxylation is 1. The fourth-order valence-corrected chi connectivity index (χ4v) is 2.11. The molecule has 2 atom stereocenters. The molecule has 1 aliphatic heterocycles. The van der Waals surface area contributed by atoms with Crippen LogP contribution in [0.3, 0.4) is 0 Å². The highest BCUT2D eigenvalue weighted by Crippen LogP contribution is 2.31. The summed E-state index contributed by atoms with van der Waals surface area (Å²) in [5, 5.41) is 11.5. The number of rotatable bonds is 6. The Morgan fingerprint density at radius 2 is 2.17 bits per heavy atom.